The van der Waals surface area contributed by atoms with Gasteiger partial charge in [0.05, 0.1) is 5.69 Å². The fourth-order valence-corrected chi connectivity index (χ4v) is 2.26. The number of aromatic nitrogens is 2. The maximum Gasteiger partial charge on any atom is 0.265 e. The fourth-order valence-electron chi connectivity index (χ4n) is 1.75. The van der Waals surface area contributed by atoms with Crippen LogP contribution in [0.25, 0.3) is 0 Å². The van der Waals surface area contributed by atoms with Crippen molar-refractivity contribution in [1.82, 2.24) is 9.97 Å². The summed E-state index contributed by atoms with van der Waals surface area (Å²) >= 11 is 3.30. The van der Waals surface area contributed by atoms with E-state index >= 15 is 0 Å². The van der Waals surface area contributed by atoms with E-state index in [1.54, 1.807) is 7.11 Å². The molecule has 5 heteroatoms. The average Bonchev–Trinajstić information content (AvgIpc) is 3.08. The molecule has 1 atom stereocenters. The summed E-state index contributed by atoms with van der Waals surface area (Å²) in [6, 6.07) is 0. The molecule has 1 heterocycles. The number of H-pyrrole nitrogens is 1. The lowest BCUT2D eigenvalue weighted by molar-refractivity contribution is 0.0921. The van der Waals surface area contributed by atoms with Crippen molar-refractivity contribution in [3.8, 4) is 0 Å². The van der Waals surface area contributed by atoms with Crippen LogP contribution in [0.3, 0.4) is 0 Å². The first-order chi connectivity index (χ1) is 7.67. The van der Waals surface area contributed by atoms with Gasteiger partial charge in [-0.2, -0.15) is 0 Å². The van der Waals surface area contributed by atoms with Crippen molar-refractivity contribution in [2.45, 2.75) is 38.2 Å². The molecule has 0 aliphatic heterocycles. The maximum absolute atomic E-state index is 11.7. The van der Waals surface area contributed by atoms with Gasteiger partial charge in [0.15, 0.2) is 0 Å². The van der Waals surface area contributed by atoms with E-state index in [0.29, 0.717) is 16.2 Å². The second-order valence-corrected chi connectivity index (χ2v) is 4.85. The Labute approximate surface area is 103 Å². The van der Waals surface area contributed by atoms with Crippen LogP contribution in [0, 0.1) is 0 Å². The zero-order chi connectivity index (χ0) is 11.7. The SMILES string of the molecule is CCC(OC)c1nc(C2CC2)c(Br)c(=O)[nH]1. The minimum Gasteiger partial charge on any atom is -0.374 e. The van der Waals surface area contributed by atoms with Crippen molar-refractivity contribution in [3.63, 3.8) is 0 Å². The molecule has 16 heavy (non-hydrogen) atoms. The van der Waals surface area contributed by atoms with Gasteiger partial charge in [0.1, 0.15) is 16.4 Å². The number of nitrogens with zero attached hydrogens (tertiary/aromatic N) is 1. The van der Waals surface area contributed by atoms with Crippen molar-refractivity contribution in [2.75, 3.05) is 7.11 Å². The number of nitrogens with one attached hydrogen (secondary N) is 1. The molecule has 1 aliphatic rings. The highest BCUT2D eigenvalue weighted by atomic mass is 79.9. The van der Waals surface area contributed by atoms with Gasteiger partial charge in [-0.05, 0) is 35.2 Å². The van der Waals surface area contributed by atoms with Gasteiger partial charge in [-0.15, -0.1) is 0 Å². The summed E-state index contributed by atoms with van der Waals surface area (Å²) in [7, 11) is 1.63. The highest BCUT2D eigenvalue weighted by molar-refractivity contribution is 9.10. The third-order valence-electron chi connectivity index (χ3n) is 2.83. The third kappa shape index (κ3) is 2.20. The number of hydrogen-bond acceptors (Lipinski definition) is 3. The van der Waals surface area contributed by atoms with Crippen LogP contribution in [0.4, 0.5) is 0 Å². The first-order valence-electron chi connectivity index (χ1n) is 5.49. The molecule has 0 radical (unpaired) electrons. The number of rotatable bonds is 4. The first kappa shape index (κ1) is 11.8. The minimum absolute atomic E-state index is 0.109. The van der Waals surface area contributed by atoms with Crippen LogP contribution in [-0.2, 0) is 4.74 Å². The standard InChI is InChI=1S/C11H15BrN2O2/c1-3-7(16-2)10-13-9(6-4-5-6)8(12)11(15)14-10/h6-7H,3-5H2,1-2H3,(H,13,14,15). The van der Waals surface area contributed by atoms with Crippen molar-refractivity contribution in [3.05, 3.63) is 26.3 Å². The molecule has 1 fully saturated rings. The summed E-state index contributed by atoms with van der Waals surface area (Å²) in [4.78, 5) is 19.0. The fraction of sp³-hybridized carbons (Fsp3) is 0.636. The molecule has 1 aromatic rings. The summed E-state index contributed by atoms with van der Waals surface area (Å²) in [6.07, 6.45) is 2.92. The Morgan fingerprint density at radius 2 is 2.31 bits per heavy atom. The molecule has 1 aliphatic carbocycles. The molecule has 0 saturated heterocycles. The Hall–Kier alpha value is -0.680. The Morgan fingerprint density at radius 1 is 1.62 bits per heavy atom. The molecule has 1 N–H and O–H groups in total. The summed E-state index contributed by atoms with van der Waals surface area (Å²) in [5.41, 5.74) is 0.775. The molecule has 0 aromatic carbocycles. The Morgan fingerprint density at radius 3 is 2.81 bits per heavy atom. The second kappa shape index (κ2) is 4.67. The molecule has 0 bridgehead atoms. The van der Waals surface area contributed by atoms with Crippen LogP contribution in [0.5, 0.6) is 0 Å². The highest BCUT2D eigenvalue weighted by Crippen LogP contribution is 2.41. The van der Waals surface area contributed by atoms with E-state index in [9.17, 15) is 4.79 Å². The Balaban J connectivity index is 2.43. The molecule has 0 amide bonds. The molecule has 2 rings (SSSR count). The van der Waals surface area contributed by atoms with E-state index in [-0.39, 0.29) is 11.7 Å². The Kier molecular flexibility index (Phi) is 3.44. The van der Waals surface area contributed by atoms with Crippen LogP contribution in [-0.4, -0.2) is 17.1 Å². The average molecular weight is 287 g/mol. The summed E-state index contributed by atoms with van der Waals surface area (Å²) in [5, 5.41) is 0. The monoisotopic (exact) mass is 286 g/mol. The Bertz CT molecular complexity index is 436. The zero-order valence-electron chi connectivity index (χ0n) is 9.42. The maximum atomic E-state index is 11.7. The van der Waals surface area contributed by atoms with E-state index in [4.69, 9.17) is 4.74 Å². The predicted molar refractivity (Wildman–Crippen MR) is 64.6 cm³/mol. The lowest BCUT2D eigenvalue weighted by Gasteiger charge is -2.13. The smallest absolute Gasteiger partial charge is 0.265 e. The van der Waals surface area contributed by atoms with Crippen LogP contribution >= 0.6 is 15.9 Å². The normalized spacial score (nSPS) is 17.4. The topological polar surface area (TPSA) is 55.0 Å². The molecule has 0 spiro atoms. The predicted octanol–water partition coefficient (Wildman–Crippen LogP) is 2.51. The van der Waals surface area contributed by atoms with Gasteiger partial charge >= 0.3 is 0 Å². The van der Waals surface area contributed by atoms with Crippen LogP contribution in [0.2, 0.25) is 0 Å². The van der Waals surface area contributed by atoms with Crippen LogP contribution < -0.4 is 5.56 Å². The van der Waals surface area contributed by atoms with E-state index in [1.807, 2.05) is 6.92 Å². The van der Waals surface area contributed by atoms with Gasteiger partial charge < -0.3 is 9.72 Å². The summed E-state index contributed by atoms with van der Waals surface area (Å²) < 4.78 is 5.86. The molecular formula is C11H15BrN2O2. The van der Waals surface area contributed by atoms with Crippen molar-refractivity contribution in [2.24, 2.45) is 0 Å². The van der Waals surface area contributed by atoms with Gasteiger partial charge in [0.2, 0.25) is 0 Å². The molecule has 88 valence electrons. The number of aromatic amines is 1. The second-order valence-electron chi connectivity index (χ2n) is 4.06. The van der Waals surface area contributed by atoms with Crippen molar-refractivity contribution >= 4 is 15.9 Å². The number of hydrogen-bond donors (Lipinski definition) is 1. The van der Waals surface area contributed by atoms with Gasteiger partial charge in [0.25, 0.3) is 5.56 Å². The minimum atomic E-state index is -0.127. The van der Waals surface area contributed by atoms with Gasteiger partial charge in [-0.25, -0.2) is 4.98 Å². The third-order valence-corrected chi connectivity index (χ3v) is 3.60. The molecule has 1 unspecified atom stereocenters. The molecule has 4 nitrogen and oxygen atoms in total. The highest BCUT2D eigenvalue weighted by Gasteiger charge is 2.29. The number of ether oxygens (including phenoxy) is 1. The van der Waals surface area contributed by atoms with Crippen molar-refractivity contribution < 1.29 is 4.74 Å². The molecule has 1 aromatic heterocycles. The largest absolute Gasteiger partial charge is 0.374 e. The molecular weight excluding hydrogens is 272 g/mol. The number of halogens is 1. The van der Waals surface area contributed by atoms with Crippen molar-refractivity contribution in [1.29, 1.82) is 0 Å². The van der Waals surface area contributed by atoms with E-state index < -0.39 is 0 Å². The van der Waals surface area contributed by atoms with Crippen LogP contribution in [0.1, 0.15) is 49.7 Å². The quantitative estimate of drug-likeness (QED) is 0.925. The van der Waals surface area contributed by atoms with Crippen LogP contribution in [0.15, 0.2) is 9.27 Å². The van der Waals surface area contributed by atoms with E-state index in [1.165, 1.54) is 0 Å². The van der Waals surface area contributed by atoms with Gasteiger partial charge in [-0.3, -0.25) is 4.79 Å². The summed E-state index contributed by atoms with van der Waals surface area (Å²) in [6.45, 7) is 2.01. The number of methoxy groups -OCH3 is 1. The van der Waals surface area contributed by atoms with E-state index in [0.717, 1.165) is 25.0 Å². The van der Waals surface area contributed by atoms with Gasteiger partial charge in [-0.1, -0.05) is 6.92 Å². The zero-order valence-corrected chi connectivity index (χ0v) is 11.0. The van der Waals surface area contributed by atoms with E-state index in [2.05, 4.69) is 25.9 Å². The lowest BCUT2D eigenvalue weighted by Crippen LogP contribution is -2.18. The summed E-state index contributed by atoms with van der Waals surface area (Å²) in [5.74, 6) is 1.09. The van der Waals surface area contributed by atoms with Gasteiger partial charge in [0, 0.05) is 13.0 Å². The first-order valence-corrected chi connectivity index (χ1v) is 6.29. The lowest BCUT2D eigenvalue weighted by atomic mass is 10.2. The molecule has 1 saturated carbocycles.